The van der Waals surface area contributed by atoms with Crippen molar-refractivity contribution in [2.24, 2.45) is 0 Å². The number of hydrogen-bond donors (Lipinski definition) is 1. The summed E-state index contributed by atoms with van der Waals surface area (Å²) >= 11 is 1.15. The van der Waals surface area contributed by atoms with Crippen molar-refractivity contribution in [3.63, 3.8) is 0 Å². The van der Waals surface area contributed by atoms with Crippen molar-refractivity contribution in [2.45, 2.75) is 39.2 Å². The van der Waals surface area contributed by atoms with Gasteiger partial charge in [-0.05, 0) is 36.8 Å². The number of Topliss-reactive ketones (excluding diaryl/α,β-unsaturated/α-hetero) is 2. The lowest BCUT2D eigenvalue weighted by atomic mass is 10.1. The van der Waals surface area contributed by atoms with Gasteiger partial charge in [-0.3, -0.25) is 19.2 Å². The van der Waals surface area contributed by atoms with Crippen LogP contribution in [0, 0.1) is 0 Å². The number of unbranched alkanes of at least 4 members (excludes halogenated alkanes) is 1. The van der Waals surface area contributed by atoms with E-state index in [0.717, 1.165) is 34.6 Å². The fourth-order valence-electron chi connectivity index (χ4n) is 2.92. The highest BCUT2D eigenvalue weighted by Gasteiger charge is 2.36. The van der Waals surface area contributed by atoms with E-state index >= 15 is 0 Å². The molecule has 0 aliphatic heterocycles. The van der Waals surface area contributed by atoms with Gasteiger partial charge in [-0.25, -0.2) is 0 Å². The molecule has 1 atom stereocenters. The van der Waals surface area contributed by atoms with Gasteiger partial charge in [0, 0.05) is 13.1 Å². The molecule has 1 heterocycles. The summed E-state index contributed by atoms with van der Waals surface area (Å²) in [5.74, 6) is -2.57. The Balaban J connectivity index is 2.27. The Bertz CT molecular complexity index is 834. The zero-order valence-electron chi connectivity index (χ0n) is 16.7. The zero-order chi connectivity index (χ0) is 21.2. The first-order valence-electron chi connectivity index (χ1n) is 9.66. The fraction of sp³-hybridized carbons (Fsp3) is 0.364. The Morgan fingerprint density at radius 2 is 1.79 bits per heavy atom. The second-order valence-corrected chi connectivity index (χ2v) is 7.65. The van der Waals surface area contributed by atoms with Gasteiger partial charge in [0.25, 0.3) is 17.6 Å². The Hall–Kier alpha value is -2.80. The van der Waals surface area contributed by atoms with Gasteiger partial charge in [0.05, 0.1) is 4.88 Å². The SMILES string of the molecule is CCCCNC(=O)C(C(C)=O)N(CCc1ccccc1)C(=O)C(=O)c1cccs1. The largest absolute Gasteiger partial charge is 0.354 e. The van der Waals surface area contributed by atoms with Crippen LogP contribution in [0.3, 0.4) is 0 Å². The minimum absolute atomic E-state index is 0.0887. The lowest BCUT2D eigenvalue weighted by Crippen LogP contribution is -2.55. The summed E-state index contributed by atoms with van der Waals surface area (Å²) in [6.07, 6.45) is 2.08. The molecule has 2 rings (SSSR count). The van der Waals surface area contributed by atoms with Crippen LogP contribution in [0.2, 0.25) is 0 Å². The number of carbonyl (C=O) groups is 4. The van der Waals surface area contributed by atoms with Crippen molar-refractivity contribution in [3.8, 4) is 0 Å². The highest BCUT2D eigenvalue weighted by molar-refractivity contribution is 7.13. The fourth-order valence-corrected chi connectivity index (χ4v) is 3.57. The van der Waals surface area contributed by atoms with Gasteiger partial charge in [-0.2, -0.15) is 0 Å². The van der Waals surface area contributed by atoms with Gasteiger partial charge >= 0.3 is 0 Å². The molecular weight excluding hydrogens is 388 g/mol. The van der Waals surface area contributed by atoms with Crippen LogP contribution in [0.1, 0.15) is 41.9 Å². The van der Waals surface area contributed by atoms with Gasteiger partial charge in [0.1, 0.15) is 0 Å². The highest BCUT2D eigenvalue weighted by atomic mass is 32.1. The molecule has 7 heteroatoms. The average Bonchev–Trinajstić information content (AvgIpc) is 3.25. The van der Waals surface area contributed by atoms with Gasteiger partial charge in [0.2, 0.25) is 0 Å². The van der Waals surface area contributed by atoms with Gasteiger partial charge < -0.3 is 10.2 Å². The minimum Gasteiger partial charge on any atom is -0.354 e. The van der Waals surface area contributed by atoms with Gasteiger partial charge in [-0.15, -0.1) is 11.3 Å². The maximum Gasteiger partial charge on any atom is 0.296 e. The van der Waals surface area contributed by atoms with Crippen molar-refractivity contribution < 1.29 is 19.2 Å². The molecule has 2 amide bonds. The van der Waals surface area contributed by atoms with E-state index in [2.05, 4.69) is 5.32 Å². The maximum absolute atomic E-state index is 13.0. The molecule has 6 nitrogen and oxygen atoms in total. The van der Waals surface area contributed by atoms with Crippen LogP contribution in [0.25, 0.3) is 0 Å². The second kappa shape index (κ2) is 11.3. The van der Waals surface area contributed by atoms with Crippen LogP contribution in [0.15, 0.2) is 47.8 Å². The number of rotatable bonds is 11. The minimum atomic E-state index is -1.33. The highest BCUT2D eigenvalue weighted by Crippen LogP contribution is 2.14. The van der Waals surface area contributed by atoms with Crippen LogP contribution in [0.5, 0.6) is 0 Å². The first-order chi connectivity index (χ1) is 14.0. The predicted molar refractivity (Wildman–Crippen MR) is 113 cm³/mol. The maximum atomic E-state index is 13.0. The molecule has 0 spiro atoms. The predicted octanol–water partition coefficient (Wildman–Crippen LogP) is 2.88. The van der Waals surface area contributed by atoms with E-state index in [1.807, 2.05) is 37.3 Å². The number of hydrogen-bond acceptors (Lipinski definition) is 5. The van der Waals surface area contributed by atoms with Crippen LogP contribution in [-0.4, -0.2) is 47.4 Å². The molecule has 0 radical (unpaired) electrons. The van der Waals surface area contributed by atoms with Crippen molar-refractivity contribution >= 4 is 34.7 Å². The van der Waals surface area contributed by atoms with Crippen LogP contribution in [-0.2, 0) is 20.8 Å². The normalized spacial score (nSPS) is 11.5. The standard InChI is InChI=1S/C22H26N2O4S/c1-3-4-13-23-21(27)19(16(2)25)24(14-12-17-9-6-5-7-10-17)22(28)20(26)18-11-8-15-29-18/h5-11,15,19H,3-4,12-14H2,1-2H3,(H,23,27). The van der Waals surface area contributed by atoms with Crippen LogP contribution in [0.4, 0.5) is 0 Å². The quantitative estimate of drug-likeness (QED) is 0.265. The molecule has 0 aliphatic rings. The number of nitrogens with zero attached hydrogens (tertiary/aromatic N) is 1. The Morgan fingerprint density at radius 1 is 1.07 bits per heavy atom. The Labute approximate surface area is 174 Å². The molecule has 1 aromatic heterocycles. The van der Waals surface area contributed by atoms with Crippen LogP contribution >= 0.6 is 11.3 Å². The van der Waals surface area contributed by atoms with E-state index in [9.17, 15) is 19.2 Å². The van der Waals surface area contributed by atoms with E-state index in [1.54, 1.807) is 17.5 Å². The molecule has 1 unspecified atom stereocenters. The number of ketones is 2. The molecular formula is C22H26N2O4S. The summed E-state index contributed by atoms with van der Waals surface area (Å²) in [5.41, 5.74) is 0.947. The third-order valence-electron chi connectivity index (χ3n) is 4.46. The van der Waals surface area contributed by atoms with Gasteiger partial charge in [-0.1, -0.05) is 49.7 Å². The molecule has 1 N–H and O–H groups in total. The smallest absolute Gasteiger partial charge is 0.296 e. The summed E-state index contributed by atoms with van der Waals surface area (Å²) in [5, 5.41) is 4.41. The third-order valence-corrected chi connectivity index (χ3v) is 5.33. The third kappa shape index (κ3) is 6.35. The first kappa shape index (κ1) is 22.5. The molecule has 2 aromatic rings. The summed E-state index contributed by atoms with van der Waals surface area (Å²) in [6.45, 7) is 3.76. The summed E-state index contributed by atoms with van der Waals surface area (Å²) < 4.78 is 0. The topological polar surface area (TPSA) is 83.6 Å². The number of benzene rings is 1. The molecule has 29 heavy (non-hydrogen) atoms. The Kier molecular flexibility index (Phi) is 8.73. The van der Waals surface area contributed by atoms with Gasteiger partial charge in [0.15, 0.2) is 11.8 Å². The number of nitrogens with one attached hydrogen (secondary N) is 1. The molecule has 1 aromatic carbocycles. The summed E-state index contributed by atoms with van der Waals surface area (Å²) in [7, 11) is 0. The average molecular weight is 415 g/mol. The van der Waals surface area contributed by atoms with E-state index in [-0.39, 0.29) is 11.4 Å². The second-order valence-electron chi connectivity index (χ2n) is 6.70. The van der Waals surface area contributed by atoms with Crippen molar-refractivity contribution in [1.29, 1.82) is 0 Å². The van der Waals surface area contributed by atoms with Crippen LogP contribution < -0.4 is 5.32 Å². The van der Waals surface area contributed by atoms with Crippen molar-refractivity contribution in [1.82, 2.24) is 10.2 Å². The van der Waals surface area contributed by atoms with Crippen molar-refractivity contribution in [2.75, 3.05) is 13.1 Å². The first-order valence-corrected chi connectivity index (χ1v) is 10.5. The molecule has 0 bridgehead atoms. The summed E-state index contributed by atoms with van der Waals surface area (Å²) in [6, 6.07) is 11.3. The molecule has 0 saturated heterocycles. The lowest BCUT2D eigenvalue weighted by molar-refractivity contribution is -0.143. The molecule has 0 fully saturated rings. The van der Waals surface area contributed by atoms with E-state index in [1.165, 1.54) is 6.92 Å². The molecule has 154 valence electrons. The van der Waals surface area contributed by atoms with E-state index in [4.69, 9.17) is 0 Å². The number of thiophene rings is 1. The lowest BCUT2D eigenvalue weighted by Gasteiger charge is -2.28. The van der Waals surface area contributed by atoms with Crippen molar-refractivity contribution in [3.05, 3.63) is 58.3 Å². The number of amides is 2. The molecule has 0 saturated carbocycles. The summed E-state index contributed by atoms with van der Waals surface area (Å²) in [4.78, 5) is 52.0. The van der Waals surface area contributed by atoms with E-state index in [0.29, 0.717) is 13.0 Å². The van der Waals surface area contributed by atoms with E-state index < -0.39 is 29.4 Å². The Morgan fingerprint density at radius 3 is 2.38 bits per heavy atom. The molecule has 0 aliphatic carbocycles. The monoisotopic (exact) mass is 414 g/mol. The number of carbonyl (C=O) groups excluding carboxylic acids is 4. The zero-order valence-corrected chi connectivity index (χ0v) is 17.5.